The molecule has 0 saturated heterocycles. The molecule has 0 radical (unpaired) electrons. The molecule has 1 fully saturated rings. The number of amides is 1. The lowest BCUT2D eigenvalue weighted by molar-refractivity contribution is -0.128. The van der Waals surface area contributed by atoms with Crippen molar-refractivity contribution in [3.05, 3.63) is 23.8 Å². The van der Waals surface area contributed by atoms with E-state index in [-0.39, 0.29) is 18.5 Å². The summed E-state index contributed by atoms with van der Waals surface area (Å²) in [6, 6.07) is 5.51. The summed E-state index contributed by atoms with van der Waals surface area (Å²) in [7, 11) is -3.49. The van der Waals surface area contributed by atoms with Crippen molar-refractivity contribution in [2.24, 2.45) is 0 Å². The quantitative estimate of drug-likeness (QED) is 0.833. The Hall–Kier alpha value is -1.76. The Balaban J connectivity index is 1.79. The fraction of sp³-hybridized carbons (Fsp3) is 0.611. The molecule has 1 aromatic carbocycles. The van der Waals surface area contributed by atoms with Gasteiger partial charge >= 0.3 is 0 Å². The van der Waals surface area contributed by atoms with Crippen molar-refractivity contribution in [3.8, 4) is 5.75 Å². The first-order valence-electron chi connectivity index (χ1n) is 8.90. The summed E-state index contributed by atoms with van der Waals surface area (Å²) in [6.45, 7) is 1.90. The standard InChI is InChI=1S/C18H26N2O4S/c1-13-9-10-16-15(11-13)20(25(2,22)23)12-17(24-16)18(21)19-14-7-5-3-4-6-8-14/h9-11,14,17H,3-8,12H2,1-2H3,(H,19,21). The highest BCUT2D eigenvalue weighted by atomic mass is 32.2. The van der Waals surface area contributed by atoms with E-state index >= 15 is 0 Å². The molecule has 1 amide bonds. The molecule has 0 bridgehead atoms. The molecule has 1 N–H and O–H groups in total. The van der Waals surface area contributed by atoms with Crippen molar-refractivity contribution in [1.82, 2.24) is 5.32 Å². The van der Waals surface area contributed by atoms with Crippen LogP contribution in [0.15, 0.2) is 18.2 Å². The van der Waals surface area contributed by atoms with Crippen LogP contribution in [0.25, 0.3) is 0 Å². The molecule has 1 aliphatic heterocycles. The molecule has 1 aliphatic carbocycles. The van der Waals surface area contributed by atoms with Crippen LogP contribution in [-0.2, 0) is 14.8 Å². The van der Waals surface area contributed by atoms with Gasteiger partial charge in [-0.15, -0.1) is 0 Å². The number of nitrogens with one attached hydrogen (secondary N) is 1. The number of ether oxygens (including phenoxy) is 1. The fourth-order valence-electron chi connectivity index (χ4n) is 3.53. The Labute approximate surface area is 149 Å². The molecular weight excluding hydrogens is 340 g/mol. The predicted octanol–water partition coefficient (Wildman–Crippen LogP) is 2.36. The zero-order valence-corrected chi connectivity index (χ0v) is 15.6. The van der Waals surface area contributed by atoms with Crippen LogP contribution < -0.4 is 14.4 Å². The number of sulfonamides is 1. The Morgan fingerprint density at radius 1 is 1.20 bits per heavy atom. The summed E-state index contributed by atoms with van der Waals surface area (Å²) in [5.74, 6) is 0.204. The van der Waals surface area contributed by atoms with Gasteiger partial charge in [0.1, 0.15) is 5.75 Å². The van der Waals surface area contributed by atoms with Gasteiger partial charge in [-0.1, -0.05) is 31.7 Å². The van der Waals surface area contributed by atoms with E-state index in [9.17, 15) is 13.2 Å². The SMILES string of the molecule is Cc1ccc2c(c1)N(S(C)(=O)=O)CC(C(=O)NC1CCCCCC1)O2. The molecule has 1 heterocycles. The van der Waals surface area contributed by atoms with Crippen molar-refractivity contribution in [2.45, 2.75) is 57.6 Å². The Morgan fingerprint density at radius 2 is 1.88 bits per heavy atom. The molecule has 25 heavy (non-hydrogen) atoms. The summed E-state index contributed by atoms with van der Waals surface area (Å²) in [5.41, 5.74) is 1.44. The van der Waals surface area contributed by atoms with Gasteiger partial charge in [0.15, 0.2) is 6.10 Å². The third-order valence-electron chi connectivity index (χ3n) is 4.88. The van der Waals surface area contributed by atoms with Gasteiger partial charge in [0.25, 0.3) is 5.91 Å². The third kappa shape index (κ3) is 4.26. The van der Waals surface area contributed by atoms with Crippen LogP contribution in [0, 0.1) is 6.92 Å². The van der Waals surface area contributed by atoms with E-state index in [1.807, 2.05) is 13.0 Å². The van der Waals surface area contributed by atoms with Crippen LogP contribution in [0.1, 0.15) is 44.1 Å². The minimum Gasteiger partial charge on any atom is -0.476 e. The second kappa shape index (κ2) is 7.23. The van der Waals surface area contributed by atoms with Gasteiger partial charge < -0.3 is 10.1 Å². The van der Waals surface area contributed by atoms with E-state index in [1.54, 1.807) is 12.1 Å². The summed E-state index contributed by atoms with van der Waals surface area (Å²) >= 11 is 0. The predicted molar refractivity (Wildman–Crippen MR) is 97.4 cm³/mol. The highest BCUT2D eigenvalue weighted by Gasteiger charge is 2.35. The highest BCUT2D eigenvalue weighted by Crippen LogP contribution is 2.35. The van der Waals surface area contributed by atoms with Gasteiger partial charge in [-0.25, -0.2) is 8.42 Å². The highest BCUT2D eigenvalue weighted by molar-refractivity contribution is 7.92. The van der Waals surface area contributed by atoms with Crippen LogP contribution >= 0.6 is 0 Å². The molecule has 6 nitrogen and oxygen atoms in total. The monoisotopic (exact) mass is 366 g/mol. The molecule has 1 atom stereocenters. The van der Waals surface area contributed by atoms with Gasteiger partial charge in [-0.2, -0.15) is 0 Å². The maximum absolute atomic E-state index is 12.7. The van der Waals surface area contributed by atoms with E-state index in [0.717, 1.165) is 37.5 Å². The van der Waals surface area contributed by atoms with Crippen LogP contribution in [0.3, 0.4) is 0 Å². The van der Waals surface area contributed by atoms with E-state index in [0.29, 0.717) is 11.4 Å². The van der Waals surface area contributed by atoms with Crippen molar-refractivity contribution in [3.63, 3.8) is 0 Å². The van der Waals surface area contributed by atoms with Gasteiger partial charge in [0, 0.05) is 6.04 Å². The Morgan fingerprint density at radius 3 is 2.52 bits per heavy atom. The largest absolute Gasteiger partial charge is 0.476 e. The summed E-state index contributed by atoms with van der Waals surface area (Å²) < 4.78 is 31.5. The third-order valence-corrected chi connectivity index (χ3v) is 6.02. The minimum absolute atomic E-state index is 0.00778. The molecule has 138 valence electrons. The van der Waals surface area contributed by atoms with Crippen molar-refractivity contribution >= 4 is 21.6 Å². The average Bonchev–Trinajstić information content (AvgIpc) is 2.81. The molecule has 1 unspecified atom stereocenters. The summed E-state index contributed by atoms with van der Waals surface area (Å²) in [4.78, 5) is 12.7. The van der Waals surface area contributed by atoms with Crippen LogP contribution in [-0.4, -0.2) is 39.3 Å². The van der Waals surface area contributed by atoms with Crippen LogP contribution in [0.2, 0.25) is 0 Å². The van der Waals surface area contributed by atoms with Gasteiger partial charge in [0.05, 0.1) is 18.5 Å². The zero-order chi connectivity index (χ0) is 18.0. The number of carbonyl (C=O) groups is 1. The number of rotatable bonds is 3. The van der Waals surface area contributed by atoms with Crippen molar-refractivity contribution < 1.29 is 17.9 Å². The first-order valence-corrected chi connectivity index (χ1v) is 10.7. The smallest absolute Gasteiger partial charge is 0.263 e. The molecule has 3 rings (SSSR count). The van der Waals surface area contributed by atoms with E-state index in [1.165, 1.54) is 17.1 Å². The lowest BCUT2D eigenvalue weighted by Crippen LogP contribution is -2.52. The number of fused-ring (bicyclic) bond motifs is 1. The van der Waals surface area contributed by atoms with Crippen molar-refractivity contribution in [1.29, 1.82) is 0 Å². The molecule has 7 heteroatoms. The van der Waals surface area contributed by atoms with E-state index in [2.05, 4.69) is 5.32 Å². The molecule has 1 saturated carbocycles. The topological polar surface area (TPSA) is 75.7 Å². The van der Waals surface area contributed by atoms with Gasteiger partial charge in [-0.05, 0) is 37.5 Å². The zero-order valence-electron chi connectivity index (χ0n) is 14.8. The number of hydrogen-bond donors (Lipinski definition) is 1. The average molecular weight is 366 g/mol. The summed E-state index contributed by atoms with van der Waals surface area (Å²) in [6.07, 6.45) is 6.94. The number of anilines is 1. The summed E-state index contributed by atoms with van der Waals surface area (Å²) in [5, 5.41) is 3.06. The lowest BCUT2D eigenvalue weighted by atomic mass is 10.1. The normalized spacial score (nSPS) is 21.8. The Bertz CT molecular complexity index is 739. The van der Waals surface area contributed by atoms with Gasteiger partial charge in [-0.3, -0.25) is 9.10 Å². The first kappa shape index (κ1) is 18.0. The second-order valence-corrected chi connectivity index (χ2v) is 8.98. The van der Waals surface area contributed by atoms with Gasteiger partial charge in [0.2, 0.25) is 10.0 Å². The number of hydrogen-bond acceptors (Lipinski definition) is 4. The van der Waals surface area contributed by atoms with Crippen LogP contribution in [0.5, 0.6) is 5.75 Å². The van der Waals surface area contributed by atoms with Crippen LogP contribution in [0.4, 0.5) is 5.69 Å². The maximum atomic E-state index is 12.7. The molecule has 0 aromatic heterocycles. The number of benzene rings is 1. The van der Waals surface area contributed by atoms with E-state index in [4.69, 9.17) is 4.74 Å². The van der Waals surface area contributed by atoms with E-state index < -0.39 is 16.1 Å². The Kier molecular flexibility index (Phi) is 5.22. The minimum atomic E-state index is -3.49. The number of nitrogens with zero attached hydrogens (tertiary/aromatic N) is 1. The number of aryl methyl sites for hydroxylation is 1. The lowest BCUT2D eigenvalue weighted by Gasteiger charge is -2.34. The molecular formula is C18H26N2O4S. The number of carbonyl (C=O) groups excluding carboxylic acids is 1. The molecule has 2 aliphatic rings. The first-order chi connectivity index (χ1) is 11.8. The molecule has 0 spiro atoms. The maximum Gasteiger partial charge on any atom is 0.263 e. The fourth-order valence-corrected chi connectivity index (χ4v) is 4.44. The molecule has 1 aromatic rings. The second-order valence-electron chi connectivity index (χ2n) is 7.07. The van der Waals surface area contributed by atoms with Crippen molar-refractivity contribution in [2.75, 3.05) is 17.1 Å².